The van der Waals surface area contributed by atoms with Gasteiger partial charge in [0.25, 0.3) is 0 Å². The fraction of sp³-hybridized carbons (Fsp3) is 0.950. The van der Waals surface area contributed by atoms with Crippen LogP contribution in [-0.4, -0.2) is 29.9 Å². The van der Waals surface area contributed by atoms with Gasteiger partial charge in [-0.05, 0) is 43.4 Å². The van der Waals surface area contributed by atoms with Crippen molar-refractivity contribution in [1.29, 1.82) is 0 Å². The molecule has 132 valence electrons. The highest BCUT2D eigenvalue weighted by Gasteiger charge is 2.47. The van der Waals surface area contributed by atoms with E-state index in [4.69, 9.17) is 0 Å². The topological polar surface area (TPSA) is 15.6 Å². The van der Waals surface area contributed by atoms with Gasteiger partial charge in [0.1, 0.15) is 5.84 Å². The summed E-state index contributed by atoms with van der Waals surface area (Å²) < 4.78 is 0. The highest BCUT2D eigenvalue weighted by molar-refractivity contribution is 5.86. The van der Waals surface area contributed by atoms with Crippen LogP contribution < -0.4 is 0 Å². The van der Waals surface area contributed by atoms with Crippen LogP contribution in [0.25, 0.3) is 0 Å². The van der Waals surface area contributed by atoms with Crippen LogP contribution in [0.1, 0.15) is 76.2 Å². The van der Waals surface area contributed by atoms with Gasteiger partial charge in [0, 0.05) is 19.0 Å². The maximum atomic E-state index is 4.59. The van der Waals surface area contributed by atoms with E-state index in [-0.39, 0.29) is 7.43 Å². The van der Waals surface area contributed by atoms with Gasteiger partial charge in [0.05, 0.1) is 6.04 Å². The quantitative estimate of drug-likeness (QED) is 0.636. The van der Waals surface area contributed by atoms with Gasteiger partial charge in [0.15, 0.2) is 0 Å². The van der Waals surface area contributed by atoms with Gasteiger partial charge in [-0.2, -0.15) is 0 Å². The molecule has 1 heterocycles. The van der Waals surface area contributed by atoms with Crippen molar-refractivity contribution in [1.82, 2.24) is 4.90 Å². The van der Waals surface area contributed by atoms with Crippen LogP contribution in [-0.2, 0) is 0 Å². The van der Waals surface area contributed by atoms with Gasteiger partial charge < -0.3 is 4.90 Å². The molecule has 0 aromatic carbocycles. The summed E-state index contributed by atoms with van der Waals surface area (Å²) in [6.45, 7) is 20.7. The molecular weight excluding hydrogens is 268 g/mol. The predicted octanol–water partition coefficient (Wildman–Crippen LogP) is 5.72. The summed E-state index contributed by atoms with van der Waals surface area (Å²) >= 11 is 0. The molecule has 0 amide bonds. The number of amidine groups is 1. The third kappa shape index (κ3) is 3.86. The normalized spacial score (nSPS) is 37.3. The first-order valence-electron chi connectivity index (χ1n) is 8.83. The van der Waals surface area contributed by atoms with Crippen molar-refractivity contribution < 1.29 is 0 Å². The summed E-state index contributed by atoms with van der Waals surface area (Å²) in [6, 6.07) is 1.05. The second kappa shape index (κ2) is 7.84. The Hall–Kier alpha value is -0.530. The van der Waals surface area contributed by atoms with E-state index in [1.54, 1.807) is 0 Å². The first-order valence-corrected chi connectivity index (χ1v) is 8.83. The molecule has 2 heteroatoms. The van der Waals surface area contributed by atoms with Crippen LogP contribution in [0.2, 0.25) is 0 Å². The molecular formula is C20H42N2. The van der Waals surface area contributed by atoms with Crippen LogP contribution >= 0.6 is 0 Å². The number of hydrogen-bond donors (Lipinski definition) is 0. The molecule has 1 aliphatic heterocycles. The van der Waals surface area contributed by atoms with E-state index < -0.39 is 0 Å². The number of aliphatic imine (C=N–C) groups is 1. The van der Waals surface area contributed by atoms with E-state index in [9.17, 15) is 0 Å². The molecule has 4 unspecified atom stereocenters. The van der Waals surface area contributed by atoms with Crippen LogP contribution in [0.5, 0.6) is 0 Å². The number of rotatable bonds is 2. The maximum absolute atomic E-state index is 4.59. The van der Waals surface area contributed by atoms with E-state index in [0.29, 0.717) is 23.4 Å². The minimum Gasteiger partial charge on any atom is -0.358 e. The van der Waals surface area contributed by atoms with E-state index >= 15 is 0 Å². The summed E-state index contributed by atoms with van der Waals surface area (Å²) in [4.78, 5) is 6.88. The van der Waals surface area contributed by atoms with Gasteiger partial charge in [-0.25, -0.2) is 0 Å². The Bertz CT molecular complexity index is 352. The van der Waals surface area contributed by atoms with E-state index in [1.807, 2.05) is 0 Å². The van der Waals surface area contributed by atoms with Gasteiger partial charge in [-0.15, -0.1) is 0 Å². The van der Waals surface area contributed by atoms with Crippen molar-refractivity contribution in [3.8, 4) is 0 Å². The minimum absolute atomic E-state index is 0. The largest absolute Gasteiger partial charge is 0.358 e. The highest BCUT2D eigenvalue weighted by atomic mass is 15.3. The van der Waals surface area contributed by atoms with Gasteiger partial charge in [0.2, 0.25) is 0 Å². The lowest BCUT2D eigenvalue weighted by molar-refractivity contribution is -0.0564. The summed E-state index contributed by atoms with van der Waals surface area (Å²) in [5.41, 5.74) is 0.639. The maximum Gasteiger partial charge on any atom is 0.102 e. The second-order valence-corrected chi connectivity index (χ2v) is 8.29. The standard InChI is InChI=1S/C10H20.C9H18N2.CH4/c1-7(2)10(5)8(3)6-9(10)4;1-6(2)9-10-7(3)8(4)11(9)5;/h7-9H,6H2,1-5H3;6-8H,1-5H3;1H4. The minimum atomic E-state index is 0. The monoisotopic (exact) mass is 310 g/mol. The Balaban J connectivity index is 0.000000385. The zero-order valence-corrected chi connectivity index (χ0v) is 16.1. The lowest BCUT2D eigenvalue weighted by Gasteiger charge is -2.55. The third-order valence-corrected chi connectivity index (χ3v) is 6.60. The summed E-state index contributed by atoms with van der Waals surface area (Å²) in [7, 11) is 2.13. The summed E-state index contributed by atoms with van der Waals surface area (Å²) in [5, 5.41) is 0. The molecule has 0 N–H and O–H groups in total. The van der Waals surface area contributed by atoms with Gasteiger partial charge in [-0.3, -0.25) is 4.99 Å². The fourth-order valence-corrected chi connectivity index (χ4v) is 4.00. The van der Waals surface area contributed by atoms with Crippen molar-refractivity contribution in [3.05, 3.63) is 0 Å². The molecule has 1 saturated carbocycles. The molecule has 0 radical (unpaired) electrons. The molecule has 0 aromatic rings. The molecule has 0 aromatic heterocycles. The van der Waals surface area contributed by atoms with E-state index in [0.717, 1.165) is 17.8 Å². The first kappa shape index (κ1) is 21.5. The smallest absolute Gasteiger partial charge is 0.102 e. The fourth-order valence-electron chi connectivity index (χ4n) is 4.00. The molecule has 22 heavy (non-hydrogen) atoms. The van der Waals surface area contributed by atoms with E-state index in [2.05, 4.69) is 79.3 Å². The Kier molecular flexibility index (Phi) is 7.65. The van der Waals surface area contributed by atoms with Crippen LogP contribution in [0.4, 0.5) is 0 Å². The summed E-state index contributed by atoms with van der Waals surface area (Å²) in [5.74, 6) is 4.56. The van der Waals surface area contributed by atoms with Crippen molar-refractivity contribution in [2.24, 2.45) is 34.1 Å². The van der Waals surface area contributed by atoms with Crippen molar-refractivity contribution >= 4 is 5.84 Å². The van der Waals surface area contributed by atoms with Crippen molar-refractivity contribution in [3.63, 3.8) is 0 Å². The molecule has 0 saturated heterocycles. The van der Waals surface area contributed by atoms with Crippen LogP contribution in [0, 0.1) is 29.1 Å². The van der Waals surface area contributed by atoms with Crippen LogP contribution in [0.3, 0.4) is 0 Å². The third-order valence-electron chi connectivity index (χ3n) is 6.60. The average molecular weight is 311 g/mol. The van der Waals surface area contributed by atoms with E-state index in [1.165, 1.54) is 12.3 Å². The van der Waals surface area contributed by atoms with Crippen LogP contribution in [0.15, 0.2) is 4.99 Å². The molecule has 0 bridgehead atoms. The molecule has 1 fully saturated rings. The molecule has 1 aliphatic carbocycles. The molecule has 2 rings (SSSR count). The second-order valence-electron chi connectivity index (χ2n) is 8.29. The van der Waals surface area contributed by atoms with Gasteiger partial charge in [-0.1, -0.05) is 55.9 Å². The highest BCUT2D eigenvalue weighted by Crippen LogP contribution is 2.55. The Labute approximate surface area is 140 Å². The Morgan fingerprint density at radius 3 is 1.64 bits per heavy atom. The number of nitrogens with zero attached hydrogens (tertiary/aromatic N) is 2. The lowest BCUT2D eigenvalue weighted by atomic mass is 9.50. The molecule has 4 atom stereocenters. The molecule has 2 aliphatic rings. The first-order chi connectivity index (χ1) is 9.53. The molecule has 2 nitrogen and oxygen atoms in total. The van der Waals surface area contributed by atoms with Crippen molar-refractivity contribution in [2.45, 2.75) is 88.2 Å². The number of hydrogen-bond acceptors (Lipinski definition) is 2. The van der Waals surface area contributed by atoms with Crippen molar-refractivity contribution in [2.75, 3.05) is 7.05 Å². The predicted molar refractivity (Wildman–Crippen MR) is 102 cm³/mol. The zero-order chi connectivity index (χ0) is 16.5. The zero-order valence-electron chi connectivity index (χ0n) is 16.1. The SMILES string of the molecule is C.CC(C)C1(C)C(C)CC1C.CC(C)C1=NC(C)C(C)N1C. The van der Waals surface area contributed by atoms with Gasteiger partial charge >= 0.3 is 0 Å². The Morgan fingerprint density at radius 1 is 1.05 bits per heavy atom. The lowest BCUT2D eigenvalue weighted by Crippen LogP contribution is -2.47. The molecule has 0 spiro atoms. The average Bonchev–Trinajstić information content (AvgIpc) is 2.66. The Morgan fingerprint density at radius 2 is 1.50 bits per heavy atom. The summed E-state index contributed by atoms with van der Waals surface area (Å²) in [6.07, 6.45) is 1.44. The number of likely N-dealkylation sites (N-methyl/N-ethyl adjacent to an activating group) is 1.